The Hall–Kier alpha value is -1.74. The molecule has 3 heteroatoms. The Morgan fingerprint density at radius 1 is 1.25 bits per heavy atom. The minimum absolute atomic E-state index is 0.193. The summed E-state index contributed by atoms with van der Waals surface area (Å²) in [5.41, 5.74) is 3.51. The smallest absolute Gasteiger partial charge is 0.131 e. The molecule has 0 fully saturated rings. The molecule has 2 aromatic rings. The number of hydrogen-bond donors (Lipinski definition) is 1. The van der Waals surface area contributed by atoms with Crippen LogP contribution in [0.2, 0.25) is 0 Å². The first-order valence-electron chi connectivity index (χ1n) is 7.07. The highest BCUT2D eigenvalue weighted by atomic mass is 19.1. The maximum Gasteiger partial charge on any atom is 0.131 e. The summed E-state index contributed by atoms with van der Waals surface area (Å²) in [7, 11) is 0. The van der Waals surface area contributed by atoms with Gasteiger partial charge in [0, 0.05) is 23.5 Å². The lowest BCUT2D eigenvalue weighted by Crippen LogP contribution is -2.19. The maximum absolute atomic E-state index is 14.1. The van der Waals surface area contributed by atoms with Crippen LogP contribution in [0.5, 0.6) is 0 Å². The molecule has 0 aliphatic heterocycles. The van der Waals surface area contributed by atoms with Gasteiger partial charge in [0.1, 0.15) is 5.82 Å². The predicted molar refractivity (Wildman–Crippen MR) is 81.1 cm³/mol. The molecular weight excluding hydrogens is 251 g/mol. The number of nitrogens with zero attached hydrogens (tertiary/aromatic N) is 1. The average Bonchev–Trinajstić information content (AvgIpc) is 2.45. The van der Waals surface area contributed by atoms with Crippen LogP contribution in [0.4, 0.5) is 4.39 Å². The number of pyridine rings is 1. The summed E-state index contributed by atoms with van der Waals surface area (Å²) in [6.07, 6.45) is 2.80. The highest BCUT2D eigenvalue weighted by Crippen LogP contribution is 2.26. The summed E-state index contributed by atoms with van der Waals surface area (Å²) < 4.78 is 14.1. The number of nitrogens with one attached hydrogen (secondary N) is 1. The molecule has 1 atom stereocenters. The van der Waals surface area contributed by atoms with Gasteiger partial charge in [-0.2, -0.15) is 0 Å². The third-order valence-electron chi connectivity index (χ3n) is 3.40. The van der Waals surface area contributed by atoms with Crippen molar-refractivity contribution in [2.45, 2.75) is 33.2 Å². The SMILES string of the molecule is CCCNC(C)c1ccc(F)c(-c2ccnc(C)c2)c1. The van der Waals surface area contributed by atoms with E-state index in [1.54, 1.807) is 12.3 Å². The van der Waals surface area contributed by atoms with Gasteiger partial charge in [-0.05, 0) is 62.2 Å². The van der Waals surface area contributed by atoms with Crippen molar-refractivity contribution < 1.29 is 4.39 Å². The second-order valence-electron chi connectivity index (χ2n) is 5.10. The van der Waals surface area contributed by atoms with E-state index in [1.807, 2.05) is 31.2 Å². The van der Waals surface area contributed by atoms with Crippen LogP contribution < -0.4 is 5.32 Å². The van der Waals surface area contributed by atoms with Crippen molar-refractivity contribution >= 4 is 0 Å². The summed E-state index contributed by atoms with van der Waals surface area (Å²) in [4.78, 5) is 4.16. The summed E-state index contributed by atoms with van der Waals surface area (Å²) in [5.74, 6) is -0.193. The van der Waals surface area contributed by atoms with E-state index < -0.39 is 0 Å². The van der Waals surface area contributed by atoms with Crippen molar-refractivity contribution in [1.82, 2.24) is 10.3 Å². The highest BCUT2D eigenvalue weighted by Gasteiger charge is 2.10. The van der Waals surface area contributed by atoms with Gasteiger partial charge in [-0.25, -0.2) is 4.39 Å². The molecule has 20 heavy (non-hydrogen) atoms. The molecule has 0 radical (unpaired) electrons. The molecule has 0 aliphatic carbocycles. The van der Waals surface area contributed by atoms with Gasteiger partial charge >= 0.3 is 0 Å². The Kier molecular flexibility index (Phi) is 4.85. The van der Waals surface area contributed by atoms with Gasteiger partial charge in [-0.15, -0.1) is 0 Å². The Labute approximate surface area is 120 Å². The van der Waals surface area contributed by atoms with Crippen molar-refractivity contribution in [1.29, 1.82) is 0 Å². The van der Waals surface area contributed by atoms with Crippen molar-refractivity contribution in [3.05, 3.63) is 53.6 Å². The number of hydrogen-bond acceptors (Lipinski definition) is 2. The zero-order valence-corrected chi connectivity index (χ0v) is 12.3. The lowest BCUT2D eigenvalue weighted by Gasteiger charge is -2.15. The Bertz CT molecular complexity index is 581. The Balaban J connectivity index is 2.34. The van der Waals surface area contributed by atoms with Crippen molar-refractivity contribution in [3.63, 3.8) is 0 Å². The first-order chi connectivity index (χ1) is 9.61. The largest absolute Gasteiger partial charge is 0.310 e. The molecular formula is C17H21FN2. The zero-order valence-electron chi connectivity index (χ0n) is 12.3. The van der Waals surface area contributed by atoms with Gasteiger partial charge in [0.2, 0.25) is 0 Å². The fraction of sp³-hybridized carbons (Fsp3) is 0.353. The quantitative estimate of drug-likeness (QED) is 0.879. The number of aryl methyl sites for hydroxylation is 1. The Morgan fingerprint density at radius 2 is 2.05 bits per heavy atom. The molecule has 1 aromatic carbocycles. The van der Waals surface area contributed by atoms with E-state index in [-0.39, 0.29) is 11.9 Å². The van der Waals surface area contributed by atoms with E-state index in [0.29, 0.717) is 5.56 Å². The molecule has 2 nitrogen and oxygen atoms in total. The first kappa shape index (κ1) is 14.7. The van der Waals surface area contributed by atoms with Crippen LogP contribution in [0.1, 0.15) is 37.6 Å². The van der Waals surface area contributed by atoms with Gasteiger partial charge in [-0.3, -0.25) is 4.98 Å². The molecule has 0 bridgehead atoms. The van der Waals surface area contributed by atoms with Gasteiger partial charge < -0.3 is 5.32 Å². The number of halogens is 1. The van der Waals surface area contributed by atoms with Crippen LogP contribution in [0, 0.1) is 12.7 Å². The van der Waals surface area contributed by atoms with Crippen LogP contribution in [-0.2, 0) is 0 Å². The molecule has 0 spiro atoms. The topological polar surface area (TPSA) is 24.9 Å². The average molecular weight is 272 g/mol. The summed E-state index contributed by atoms with van der Waals surface area (Å²) in [6.45, 7) is 7.11. The second-order valence-corrected chi connectivity index (χ2v) is 5.10. The molecule has 0 saturated heterocycles. The third kappa shape index (κ3) is 3.42. The molecule has 0 amide bonds. The van der Waals surface area contributed by atoms with Crippen molar-refractivity contribution in [3.8, 4) is 11.1 Å². The van der Waals surface area contributed by atoms with Gasteiger partial charge in [-0.1, -0.05) is 13.0 Å². The van der Waals surface area contributed by atoms with E-state index in [2.05, 4.69) is 24.1 Å². The molecule has 1 aromatic heterocycles. The predicted octanol–water partition coefficient (Wildman–Crippen LogP) is 4.26. The van der Waals surface area contributed by atoms with Crippen LogP contribution >= 0.6 is 0 Å². The van der Waals surface area contributed by atoms with Crippen LogP contribution in [0.3, 0.4) is 0 Å². The minimum Gasteiger partial charge on any atom is -0.310 e. The minimum atomic E-state index is -0.193. The lowest BCUT2D eigenvalue weighted by molar-refractivity contribution is 0.568. The molecule has 1 N–H and O–H groups in total. The third-order valence-corrected chi connectivity index (χ3v) is 3.40. The van der Waals surface area contributed by atoms with Crippen molar-refractivity contribution in [2.24, 2.45) is 0 Å². The lowest BCUT2D eigenvalue weighted by atomic mass is 9.99. The summed E-state index contributed by atoms with van der Waals surface area (Å²) >= 11 is 0. The fourth-order valence-corrected chi connectivity index (χ4v) is 2.23. The molecule has 0 aliphatic rings. The molecule has 1 unspecified atom stereocenters. The van der Waals surface area contributed by atoms with E-state index in [1.165, 1.54) is 0 Å². The summed E-state index contributed by atoms with van der Waals surface area (Å²) in [6, 6.07) is 9.30. The number of rotatable bonds is 5. The number of benzene rings is 1. The second kappa shape index (κ2) is 6.62. The van der Waals surface area contributed by atoms with Gasteiger partial charge in [0.05, 0.1) is 0 Å². The van der Waals surface area contributed by atoms with Crippen LogP contribution in [0.15, 0.2) is 36.5 Å². The normalized spacial score (nSPS) is 12.4. The molecule has 0 saturated carbocycles. The molecule has 2 rings (SSSR count). The molecule has 1 heterocycles. The monoisotopic (exact) mass is 272 g/mol. The van der Waals surface area contributed by atoms with Crippen molar-refractivity contribution in [2.75, 3.05) is 6.54 Å². The molecule has 106 valence electrons. The van der Waals surface area contributed by atoms with Gasteiger partial charge in [0.15, 0.2) is 0 Å². The van der Waals surface area contributed by atoms with Crippen LogP contribution in [0.25, 0.3) is 11.1 Å². The van der Waals surface area contributed by atoms with Gasteiger partial charge in [0.25, 0.3) is 0 Å². The first-order valence-corrected chi connectivity index (χ1v) is 7.07. The highest BCUT2D eigenvalue weighted by molar-refractivity contribution is 5.65. The number of aromatic nitrogens is 1. The van der Waals surface area contributed by atoms with Crippen LogP contribution in [-0.4, -0.2) is 11.5 Å². The fourth-order valence-electron chi connectivity index (χ4n) is 2.23. The van der Waals surface area contributed by atoms with E-state index in [0.717, 1.165) is 29.8 Å². The van der Waals surface area contributed by atoms with E-state index in [4.69, 9.17) is 0 Å². The Morgan fingerprint density at radius 3 is 2.75 bits per heavy atom. The summed E-state index contributed by atoms with van der Waals surface area (Å²) in [5, 5.41) is 3.42. The van der Waals surface area contributed by atoms with E-state index >= 15 is 0 Å². The zero-order chi connectivity index (χ0) is 14.5. The standard InChI is InChI=1S/C17H21FN2/c1-4-8-20-13(3)14-5-6-17(18)16(11-14)15-7-9-19-12(2)10-15/h5-7,9-11,13,20H,4,8H2,1-3H3. The van der Waals surface area contributed by atoms with E-state index in [9.17, 15) is 4.39 Å². The maximum atomic E-state index is 14.1.